The molecule has 3 aromatic rings. The maximum atomic E-state index is 14.1. The lowest BCUT2D eigenvalue weighted by molar-refractivity contribution is -0.145. The summed E-state index contributed by atoms with van der Waals surface area (Å²) in [5.74, 6) is -0.460. The number of pyridine rings is 1. The molecule has 2 aliphatic heterocycles. The minimum atomic E-state index is -1.79. The van der Waals surface area contributed by atoms with Gasteiger partial charge in [0.05, 0.1) is 25.0 Å². The molecule has 5 rings (SSSR count). The first kappa shape index (κ1) is 30.4. The summed E-state index contributed by atoms with van der Waals surface area (Å²) >= 11 is 0. The molecule has 0 spiro atoms. The van der Waals surface area contributed by atoms with Gasteiger partial charge < -0.3 is 35.7 Å². The van der Waals surface area contributed by atoms with E-state index in [1.807, 2.05) is 19.2 Å². The van der Waals surface area contributed by atoms with Crippen LogP contribution in [0.15, 0.2) is 30.7 Å². The minimum absolute atomic E-state index is 0.0271. The van der Waals surface area contributed by atoms with Crippen LogP contribution in [0.5, 0.6) is 0 Å². The molecule has 0 radical (unpaired) electrons. The van der Waals surface area contributed by atoms with Gasteiger partial charge in [0.25, 0.3) is 5.91 Å². The van der Waals surface area contributed by atoms with Crippen LogP contribution in [-0.4, -0.2) is 100 Å². The number of fused-ring (bicyclic) bond motifs is 5. The third kappa shape index (κ3) is 6.68. The van der Waals surface area contributed by atoms with Gasteiger partial charge in [-0.2, -0.15) is 5.10 Å². The predicted molar refractivity (Wildman–Crippen MR) is 144 cm³/mol. The number of anilines is 1. The molecule has 3 aromatic heterocycles. The third-order valence-corrected chi connectivity index (χ3v) is 7.34. The molecule has 1 amide bonds. The van der Waals surface area contributed by atoms with Crippen LogP contribution >= 0.6 is 0 Å². The number of aliphatic hydroxyl groups excluding tert-OH is 5. The van der Waals surface area contributed by atoms with Crippen LogP contribution in [0.25, 0.3) is 5.65 Å². The fourth-order valence-electron chi connectivity index (χ4n) is 5.01. The van der Waals surface area contributed by atoms with E-state index in [-0.39, 0.29) is 23.8 Å². The molecule has 2 aliphatic rings. The Kier molecular flexibility index (Phi) is 9.60. The number of ketones is 1. The Labute approximate surface area is 235 Å². The molecule has 0 aromatic carbocycles. The Balaban J connectivity index is 0.000000254. The average molecular weight is 575 g/mol. The van der Waals surface area contributed by atoms with Crippen molar-refractivity contribution in [2.45, 2.75) is 76.0 Å². The first-order valence-corrected chi connectivity index (χ1v) is 13.4. The van der Waals surface area contributed by atoms with Crippen LogP contribution in [-0.2, 0) is 11.2 Å². The van der Waals surface area contributed by atoms with Gasteiger partial charge in [-0.3, -0.25) is 14.6 Å². The summed E-state index contributed by atoms with van der Waals surface area (Å²) in [6.07, 6.45) is 1.10. The highest BCUT2D eigenvalue weighted by Crippen LogP contribution is 2.37. The van der Waals surface area contributed by atoms with E-state index >= 15 is 0 Å². The monoisotopic (exact) mass is 574 g/mol. The molecule has 1 saturated heterocycles. The van der Waals surface area contributed by atoms with Crippen molar-refractivity contribution in [2.24, 2.45) is 0 Å². The van der Waals surface area contributed by atoms with Crippen molar-refractivity contribution in [1.82, 2.24) is 24.9 Å². The highest BCUT2D eigenvalue weighted by Gasteiger charge is 2.33. The summed E-state index contributed by atoms with van der Waals surface area (Å²) in [6, 6.07) is 3.48. The summed E-state index contributed by atoms with van der Waals surface area (Å²) in [4.78, 5) is 34.6. The summed E-state index contributed by atoms with van der Waals surface area (Å²) in [7, 11) is 0. The summed E-state index contributed by atoms with van der Waals surface area (Å²) in [5.41, 5.74) is 2.81. The molecule has 5 heterocycles. The number of nitrogens with zero attached hydrogens (tertiary/aromatic N) is 5. The molecule has 6 atom stereocenters. The summed E-state index contributed by atoms with van der Waals surface area (Å²) in [6.45, 7) is 3.07. The lowest BCUT2D eigenvalue weighted by Gasteiger charge is -2.27. The number of carbonyl (C=O) groups is 2. The number of hydrogen-bond acceptors (Lipinski definition) is 11. The van der Waals surface area contributed by atoms with Crippen molar-refractivity contribution in [3.8, 4) is 0 Å². The predicted octanol–water partition coefficient (Wildman–Crippen LogP) is -0.319. The lowest BCUT2D eigenvalue weighted by Crippen LogP contribution is -2.48. The molecule has 0 aliphatic carbocycles. The van der Waals surface area contributed by atoms with Gasteiger partial charge in [0.2, 0.25) is 0 Å². The van der Waals surface area contributed by atoms with Gasteiger partial charge in [-0.25, -0.2) is 13.9 Å². The maximum Gasteiger partial charge on any atom is 0.256 e. The second kappa shape index (κ2) is 13.0. The number of halogens is 1. The maximum absolute atomic E-state index is 14.1. The van der Waals surface area contributed by atoms with Crippen molar-refractivity contribution in [2.75, 3.05) is 18.1 Å². The zero-order chi connectivity index (χ0) is 29.8. The number of aromatic nitrogens is 4. The van der Waals surface area contributed by atoms with Crippen molar-refractivity contribution in [3.05, 3.63) is 53.4 Å². The smallest absolute Gasteiger partial charge is 0.256 e. The van der Waals surface area contributed by atoms with Crippen LogP contribution in [0.3, 0.4) is 0 Å². The summed E-state index contributed by atoms with van der Waals surface area (Å²) in [5, 5.41) is 51.6. The molecule has 0 unspecified atom stereocenters. The molecule has 222 valence electrons. The fraction of sp³-hybridized carbons (Fsp3) is 0.519. The minimum Gasteiger partial charge on any atom is -0.394 e. The topological polar surface area (TPSA) is 194 Å². The number of nitrogens with one attached hydrogen (secondary N) is 1. The lowest BCUT2D eigenvalue weighted by atomic mass is 9.98. The van der Waals surface area contributed by atoms with E-state index in [2.05, 4.69) is 20.3 Å². The fourth-order valence-corrected chi connectivity index (χ4v) is 5.01. The van der Waals surface area contributed by atoms with Crippen LogP contribution in [0.1, 0.15) is 60.8 Å². The van der Waals surface area contributed by atoms with Gasteiger partial charge >= 0.3 is 0 Å². The first-order chi connectivity index (χ1) is 19.5. The number of hydrogen-bond donors (Lipinski definition) is 6. The molecule has 0 saturated carbocycles. The van der Waals surface area contributed by atoms with Crippen LogP contribution in [0.4, 0.5) is 10.2 Å². The zero-order valence-corrected chi connectivity index (χ0v) is 22.8. The number of Topliss-reactive ketones (excluding diaryl/α,β-unsaturated/α-hetero) is 1. The van der Waals surface area contributed by atoms with Gasteiger partial charge in [0.15, 0.2) is 11.4 Å². The van der Waals surface area contributed by atoms with E-state index in [1.165, 1.54) is 6.20 Å². The van der Waals surface area contributed by atoms with E-state index in [9.17, 15) is 14.0 Å². The van der Waals surface area contributed by atoms with Crippen molar-refractivity contribution < 1.29 is 39.5 Å². The molecule has 14 heteroatoms. The van der Waals surface area contributed by atoms with E-state index in [0.717, 1.165) is 49.8 Å². The number of aryl methyl sites for hydroxylation is 1. The Morgan fingerprint density at radius 3 is 2.66 bits per heavy atom. The molecule has 2 bridgehead atoms. The largest absolute Gasteiger partial charge is 0.394 e. The number of aliphatic hydroxyl groups is 5. The second-order valence-corrected chi connectivity index (χ2v) is 10.4. The Morgan fingerprint density at radius 1 is 1.20 bits per heavy atom. The third-order valence-electron chi connectivity index (χ3n) is 7.34. The van der Waals surface area contributed by atoms with E-state index < -0.39 is 36.8 Å². The Morgan fingerprint density at radius 2 is 1.95 bits per heavy atom. The second-order valence-electron chi connectivity index (χ2n) is 10.4. The highest BCUT2D eigenvalue weighted by molar-refractivity contribution is 5.99. The van der Waals surface area contributed by atoms with Crippen molar-refractivity contribution in [3.63, 3.8) is 0 Å². The zero-order valence-electron chi connectivity index (χ0n) is 22.8. The Hall–Kier alpha value is -3.56. The van der Waals surface area contributed by atoms with Crippen LogP contribution in [0.2, 0.25) is 0 Å². The number of amides is 1. The quantitative estimate of drug-likeness (QED) is 0.234. The van der Waals surface area contributed by atoms with Gasteiger partial charge in [-0.1, -0.05) is 0 Å². The van der Waals surface area contributed by atoms with Gasteiger partial charge in [-0.15, -0.1) is 0 Å². The summed E-state index contributed by atoms with van der Waals surface area (Å²) < 4.78 is 15.7. The number of rotatable bonds is 5. The van der Waals surface area contributed by atoms with Gasteiger partial charge in [0.1, 0.15) is 41.6 Å². The van der Waals surface area contributed by atoms with E-state index in [0.29, 0.717) is 17.6 Å². The number of carbonyl (C=O) groups excluding carboxylic acids is 2. The average Bonchev–Trinajstić information content (AvgIpc) is 3.62. The molecular formula is C27H35FN6O7. The van der Waals surface area contributed by atoms with Crippen LogP contribution < -0.4 is 10.2 Å². The highest BCUT2D eigenvalue weighted by atomic mass is 19.1. The molecule has 6 N–H and O–H groups in total. The molecular weight excluding hydrogens is 539 g/mol. The van der Waals surface area contributed by atoms with E-state index in [4.69, 9.17) is 30.5 Å². The SMILES string of the molecule is CC(=O)[C@H](O)[C@@H](O)[C@H](O)[C@H](O)CO.C[C@@H]1CCc2ncc(F)cc2[C@H]2CCCN2c2ccn3ncc(c3n2)C(=O)N1. The van der Waals surface area contributed by atoms with Crippen molar-refractivity contribution >= 4 is 23.2 Å². The normalized spacial score (nSPS) is 21.7. The molecule has 1 fully saturated rings. The molecule has 41 heavy (non-hydrogen) atoms. The first-order valence-electron chi connectivity index (χ1n) is 13.4. The standard InChI is InChI=1S/C20H21FN6O.C7H14O6/c1-12-4-5-16-14(9-13(21)10-22-16)17-3-2-7-26(17)18-6-8-27-19(25-18)15(11-23-27)20(28)24-12;1-3(9)5(11)7(13)6(12)4(10)2-8/h6,8-12,17H,2-5,7H2,1H3,(H,24,28);4-8,10-13H,2H2,1H3/t12-,17-;4-,5+,6-,7-/m11/s1. The van der Waals surface area contributed by atoms with Crippen LogP contribution in [0, 0.1) is 5.82 Å². The van der Waals surface area contributed by atoms with E-state index in [1.54, 1.807) is 16.8 Å². The van der Waals surface area contributed by atoms with Gasteiger partial charge in [0, 0.05) is 24.5 Å². The van der Waals surface area contributed by atoms with Gasteiger partial charge in [-0.05, 0) is 57.2 Å². The molecule has 13 nitrogen and oxygen atoms in total. The Bertz CT molecular complexity index is 1390. The van der Waals surface area contributed by atoms with Crippen molar-refractivity contribution in [1.29, 1.82) is 0 Å².